The van der Waals surface area contributed by atoms with Crippen molar-refractivity contribution in [2.45, 2.75) is 25.7 Å². The second-order valence-electron chi connectivity index (χ2n) is 3.36. The van der Waals surface area contributed by atoms with Gasteiger partial charge in [0.25, 0.3) is 0 Å². The maximum Gasteiger partial charge on any atom is 0.131 e. The van der Waals surface area contributed by atoms with Crippen LogP contribution in [0.2, 0.25) is 0 Å². The Morgan fingerprint density at radius 3 is 1.67 bits per heavy atom. The largest absolute Gasteiger partial charge is 0.131 e. The molecule has 0 unspecified atom stereocenters. The van der Waals surface area contributed by atoms with Crippen molar-refractivity contribution in [3.8, 4) is 0 Å². The fraction of sp³-hybridized carbons (Fsp3) is 0.364. The Kier molecular flexibility index (Phi) is 3.10. The van der Waals surface area contributed by atoms with Gasteiger partial charge in [-0.25, -0.2) is 0 Å². The summed E-state index contributed by atoms with van der Waals surface area (Å²) < 4.78 is 0. The van der Waals surface area contributed by atoms with E-state index in [2.05, 4.69) is 36.8 Å². The average Bonchev–Trinajstić information content (AvgIpc) is 2.62. The van der Waals surface area contributed by atoms with E-state index in [1.54, 1.807) is 5.54 Å². The van der Waals surface area contributed by atoms with Gasteiger partial charge >= 0.3 is 0 Å². The zero-order valence-corrected chi connectivity index (χ0v) is 8.68. The minimum absolute atomic E-state index is 1.27. The molecule has 0 aromatic heterocycles. The van der Waals surface area contributed by atoms with Crippen LogP contribution in [0.1, 0.15) is 25.7 Å². The molecule has 1 heteroatoms. The first kappa shape index (κ1) is 9.52. The van der Waals surface area contributed by atoms with Gasteiger partial charge in [-0.15, -0.1) is 19.7 Å². The molecule has 0 aromatic rings. The van der Waals surface area contributed by atoms with E-state index in [4.69, 9.17) is 0 Å². The Labute approximate surface area is 76.7 Å². The summed E-state index contributed by atoms with van der Waals surface area (Å²) in [5.41, 5.74) is 7.94. The lowest BCUT2D eigenvalue weighted by atomic mass is 10.4. The van der Waals surface area contributed by atoms with E-state index in [1.807, 2.05) is 0 Å². The third-order valence-electron chi connectivity index (χ3n) is 2.83. The van der Waals surface area contributed by atoms with Crippen molar-refractivity contribution in [3.63, 3.8) is 0 Å². The van der Waals surface area contributed by atoms with Gasteiger partial charge < -0.3 is 0 Å². The molecular formula is C11H17Si. The lowest BCUT2D eigenvalue weighted by molar-refractivity contribution is 0.886. The Balaban J connectivity index is 2.81. The van der Waals surface area contributed by atoms with Crippen LogP contribution in [-0.4, -0.2) is 8.07 Å². The summed E-state index contributed by atoms with van der Waals surface area (Å²) in [7, 11) is -1.58. The summed E-state index contributed by atoms with van der Waals surface area (Å²) in [5.74, 6) is 0. The van der Waals surface area contributed by atoms with Gasteiger partial charge in [-0.05, 0) is 18.4 Å². The molecule has 0 amide bonds. The Morgan fingerprint density at radius 1 is 0.917 bits per heavy atom. The lowest BCUT2D eigenvalue weighted by Crippen LogP contribution is -2.34. The molecule has 1 aliphatic rings. The standard InChI is InChI=1S/C11H17Si/c1-4-12(5-2,6-3)11-9-7-8-10-11/h4-6H,1-3,7-10H2. The fourth-order valence-electron chi connectivity index (χ4n) is 1.92. The van der Waals surface area contributed by atoms with Gasteiger partial charge in [0.05, 0.1) is 0 Å². The molecular weight excluding hydrogens is 160 g/mol. The van der Waals surface area contributed by atoms with Gasteiger partial charge in [0, 0.05) is 0 Å². The van der Waals surface area contributed by atoms with Crippen LogP contribution in [0.4, 0.5) is 0 Å². The fourth-order valence-corrected chi connectivity index (χ4v) is 4.50. The van der Waals surface area contributed by atoms with Gasteiger partial charge in [-0.3, -0.25) is 0 Å². The van der Waals surface area contributed by atoms with Gasteiger partial charge in [0.15, 0.2) is 0 Å². The third-order valence-corrected chi connectivity index (χ3v) is 6.58. The second kappa shape index (κ2) is 3.90. The van der Waals surface area contributed by atoms with Crippen molar-refractivity contribution in [1.29, 1.82) is 0 Å². The maximum atomic E-state index is 3.92. The Bertz CT molecular complexity index is 165. The lowest BCUT2D eigenvalue weighted by Gasteiger charge is -2.26. The first-order valence-corrected chi connectivity index (χ1v) is 6.78. The molecule has 1 fully saturated rings. The second-order valence-corrected chi connectivity index (χ2v) is 7.15. The van der Waals surface area contributed by atoms with E-state index in [0.717, 1.165) is 0 Å². The van der Waals surface area contributed by atoms with Gasteiger partial charge in [-0.1, -0.05) is 29.9 Å². The van der Waals surface area contributed by atoms with Crippen molar-refractivity contribution < 1.29 is 0 Å². The number of hydrogen-bond donors (Lipinski definition) is 0. The predicted octanol–water partition coefficient (Wildman–Crippen LogP) is 3.30. The Morgan fingerprint density at radius 2 is 1.33 bits per heavy atom. The van der Waals surface area contributed by atoms with Crippen LogP contribution in [0.5, 0.6) is 0 Å². The van der Waals surface area contributed by atoms with E-state index in [0.29, 0.717) is 0 Å². The molecule has 0 heterocycles. The number of rotatable bonds is 4. The summed E-state index contributed by atoms with van der Waals surface area (Å²) in [6, 6.07) is 0. The van der Waals surface area contributed by atoms with Crippen LogP contribution in [0, 0.1) is 5.54 Å². The maximum absolute atomic E-state index is 3.92. The van der Waals surface area contributed by atoms with Crippen LogP contribution in [0.3, 0.4) is 0 Å². The van der Waals surface area contributed by atoms with Crippen LogP contribution in [0.15, 0.2) is 36.8 Å². The molecule has 0 aromatic carbocycles. The quantitative estimate of drug-likeness (QED) is 0.578. The smallest absolute Gasteiger partial charge is 0.106 e. The number of hydrogen-bond acceptors (Lipinski definition) is 0. The highest BCUT2D eigenvalue weighted by Crippen LogP contribution is 2.36. The first-order chi connectivity index (χ1) is 5.79. The van der Waals surface area contributed by atoms with Crippen molar-refractivity contribution in [2.24, 2.45) is 0 Å². The monoisotopic (exact) mass is 177 g/mol. The molecule has 12 heavy (non-hydrogen) atoms. The van der Waals surface area contributed by atoms with E-state index >= 15 is 0 Å². The van der Waals surface area contributed by atoms with Crippen LogP contribution < -0.4 is 0 Å². The summed E-state index contributed by atoms with van der Waals surface area (Å²) >= 11 is 0. The summed E-state index contributed by atoms with van der Waals surface area (Å²) in [5, 5.41) is 0. The molecule has 0 spiro atoms. The molecule has 1 aliphatic carbocycles. The molecule has 0 N–H and O–H groups in total. The summed E-state index contributed by atoms with van der Waals surface area (Å²) in [6.07, 6.45) is 5.24. The first-order valence-electron chi connectivity index (χ1n) is 4.55. The molecule has 0 aliphatic heterocycles. The van der Waals surface area contributed by atoms with Crippen molar-refractivity contribution in [3.05, 3.63) is 42.4 Å². The summed E-state index contributed by atoms with van der Waals surface area (Å²) in [6.45, 7) is 11.8. The topological polar surface area (TPSA) is 0 Å². The minimum Gasteiger partial charge on any atom is -0.106 e. The van der Waals surface area contributed by atoms with Crippen molar-refractivity contribution in [2.75, 3.05) is 0 Å². The highest BCUT2D eigenvalue weighted by atomic mass is 28.3. The van der Waals surface area contributed by atoms with E-state index < -0.39 is 8.07 Å². The highest BCUT2D eigenvalue weighted by molar-refractivity contribution is 6.97. The molecule has 65 valence electrons. The van der Waals surface area contributed by atoms with E-state index in [9.17, 15) is 0 Å². The SMILES string of the molecule is C=C[Si](C=C)(C=C)[C]1CCCC1. The molecule has 0 nitrogen and oxygen atoms in total. The van der Waals surface area contributed by atoms with Crippen LogP contribution in [0.25, 0.3) is 0 Å². The predicted molar refractivity (Wildman–Crippen MR) is 58.1 cm³/mol. The third kappa shape index (κ3) is 1.46. The Hall–Kier alpha value is -0.563. The van der Waals surface area contributed by atoms with Crippen LogP contribution >= 0.6 is 0 Å². The molecule has 0 saturated heterocycles. The molecule has 1 rings (SSSR count). The van der Waals surface area contributed by atoms with Crippen LogP contribution in [-0.2, 0) is 0 Å². The van der Waals surface area contributed by atoms with Gasteiger partial charge in [-0.2, -0.15) is 0 Å². The molecule has 0 bridgehead atoms. The van der Waals surface area contributed by atoms with E-state index in [-0.39, 0.29) is 0 Å². The minimum atomic E-state index is -1.58. The van der Waals surface area contributed by atoms with Gasteiger partial charge in [0.2, 0.25) is 0 Å². The molecule has 1 radical (unpaired) electrons. The molecule has 1 saturated carbocycles. The summed E-state index contributed by atoms with van der Waals surface area (Å²) in [4.78, 5) is 0. The van der Waals surface area contributed by atoms with Gasteiger partial charge in [0.1, 0.15) is 8.07 Å². The van der Waals surface area contributed by atoms with Crippen molar-refractivity contribution in [1.82, 2.24) is 0 Å². The normalized spacial score (nSPS) is 19.0. The molecule has 0 atom stereocenters. The highest BCUT2D eigenvalue weighted by Gasteiger charge is 2.34. The zero-order valence-electron chi connectivity index (χ0n) is 7.68. The van der Waals surface area contributed by atoms with E-state index in [1.165, 1.54) is 25.7 Å². The average molecular weight is 177 g/mol. The van der Waals surface area contributed by atoms with Crippen molar-refractivity contribution >= 4 is 8.07 Å². The zero-order chi connectivity index (χ0) is 9.03.